The molecule has 0 spiro atoms. The van der Waals surface area contributed by atoms with E-state index in [0.717, 1.165) is 59.9 Å². The molecule has 1 aliphatic heterocycles. The molecule has 13 heteroatoms. The number of aromatic nitrogens is 7. The van der Waals surface area contributed by atoms with E-state index in [2.05, 4.69) is 44.4 Å². The molecule has 10 nitrogen and oxygen atoms in total. The van der Waals surface area contributed by atoms with Gasteiger partial charge in [0.05, 0.1) is 18.0 Å². The minimum absolute atomic E-state index is 0.337. The third kappa shape index (κ3) is 5.87. The monoisotopic (exact) mass is 516 g/mol. The van der Waals surface area contributed by atoms with Crippen molar-refractivity contribution in [1.29, 1.82) is 0 Å². The van der Waals surface area contributed by atoms with E-state index in [9.17, 15) is 13.2 Å². The van der Waals surface area contributed by atoms with Crippen LogP contribution in [0.25, 0.3) is 22.3 Å². The molecule has 0 saturated carbocycles. The molecule has 5 heterocycles. The van der Waals surface area contributed by atoms with E-state index in [1.807, 2.05) is 36.5 Å². The van der Waals surface area contributed by atoms with Crippen molar-refractivity contribution in [1.82, 2.24) is 34.3 Å². The molecule has 196 valence electrons. The minimum Gasteiger partial charge on any atom is -0.475 e. The molecule has 0 bridgehead atoms. The number of hydrogen-bond donors (Lipinski definition) is 1. The van der Waals surface area contributed by atoms with E-state index in [1.54, 1.807) is 12.4 Å². The van der Waals surface area contributed by atoms with Crippen molar-refractivity contribution in [3.63, 3.8) is 0 Å². The standard InChI is InChI=1S/C22H26N8.C2HF3O2/c1-15(2)30-14-25-21-19(30)11-18(27-20(21)17-12-26-28(3)13-17)16-5-9-29(10-6-16)22-23-7-4-8-24-22;3-2(4,5)1(6)7/h4,7-8,11-16H,5-6,9-10H2,1-3H3;(H,6,7). The first-order valence-electron chi connectivity index (χ1n) is 11.7. The normalized spacial score (nSPS) is 14.6. The van der Waals surface area contributed by atoms with E-state index < -0.39 is 12.1 Å². The fourth-order valence-electron chi connectivity index (χ4n) is 4.25. The summed E-state index contributed by atoms with van der Waals surface area (Å²) in [5, 5.41) is 11.5. The number of carbonyl (C=O) groups is 1. The highest BCUT2D eigenvalue weighted by molar-refractivity contribution is 5.90. The lowest BCUT2D eigenvalue weighted by molar-refractivity contribution is -0.192. The summed E-state index contributed by atoms with van der Waals surface area (Å²) in [6.45, 7) is 6.23. The summed E-state index contributed by atoms with van der Waals surface area (Å²) in [6, 6.07) is 4.43. The lowest BCUT2D eigenvalue weighted by Crippen LogP contribution is -2.34. The van der Waals surface area contributed by atoms with Gasteiger partial charge in [0.15, 0.2) is 0 Å². The van der Waals surface area contributed by atoms with Gasteiger partial charge in [-0.2, -0.15) is 18.3 Å². The molecule has 0 amide bonds. The van der Waals surface area contributed by atoms with Crippen LogP contribution in [0.5, 0.6) is 0 Å². The number of rotatable bonds is 4. The number of aryl methyl sites for hydroxylation is 1. The van der Waals surface area contributed by atoms with Crippen LogP contribution in [0.2, 0.25) is 0 Å². The highest BCUT2D eigenvalue weighted by Crippen LogP contribution is 2.34. The molecule has 37 heavy (non-hydrogen) atoms. The second-order valence-corrected chi connectivity index (χ2v) is 9.02. The molecular weight excluding hydrogens is 489 g/mol. The van der Waals surface area contributed by atoms with Crippen LogP contribution in [0.3, 0.4) is 0 Å². The van der Waals surface area contributed by atoms with Gasteiger partial charge < -0.3 is 14.6 Å². The third-order valence-corrected chi connectivity index (χ3v) is 6.11. The Bertz CT molecular complexity index is 1360. The molecule has 5 rings (SSSR count). The Morgan fingerprint density at radius 2 is 1.78 bits per heavy atom. The van der Waals surface area contributed by atoms with Gasteiger partial charge in [0.25, 0.3) is 0 Å². The Labute approximate surface area is 210 Å². The maximum absolute atomic E-state index is 10.6. The number of piperidine rings is 1. The summed E-state index contributed by atoms with van der Waals surface area (Å²) in [7, 11) is 1.93. The first-order valence-corrected chi connectivity index (χ1v) is 11.7. The summed E-state index contributed by atoms with van der Waals surface area (Å²) < 4.78 is 35.8. The van der Waals surface area contributed by atoms with Crippen molar-refractivity contribution in [3.05, 3.63) is 48.9 Å². The lowest BCUT2D eigenvalue weighted by atomic mass is 9.92. The first-order chi connectivity index (χ1) is 17.5. The third-order valence-electron chi connectivity index (χ3n) is 6.11. The van der Waals surface area contributed by atoms with Gasteiger partial charge in [0.1, 0.15) is 11.2 Å². The topological polar surface area (TPSA) is 115 Å². The van der Waals surface area contributed by atoms with Crippen LogP contribution in [0, 0.1) is 0 Å². The van der Waals surface area contributed by atoms with Crippen LogP contribution >= 0.6 is 0 Å². The summed E-state index contributed by atoms with van der Waals surface area (Å²) in [5.74, 6) is -1.54. The Morgan fingerprint density at radius 3 is 2.32 bits per heavy atom. The molecule has 1 N–H and O–H groups in total. The van der Waals surface area contributed by atoms with Gasteiger partial charge in [0.2, 0.25) is 5.95 Å². The minimum atomic E-state index is -5.08. The second-order valence-electron chi connectivity index (χ2n) is 9.02. The zero-order chi connectivity index (χ0) is 26.7. The predicted octanol–water partition coefficient (Wildman–Crippen LogP) is 4.22. The highest BCUT2D eigenvalue weighted by atomic mass is 19.4. The van der Waals surface area contributed by atoms with Crippen LogP contribution in [0.15, 0.2) is 43.2 Å². The average molecular weight is 517 g/mol. The quantitative estimate of drug-likeness (QED) is 0.429. The number of imidazole rings is 1. The summed E-state index contributed by atoms with van der Waals surface area (Å²) in [6.07, 6.45) is 6.38. The van der Waals surface area contributed by atoms with Gasteiger partial charge in [-0.15, -0.1) is 0 Å². The van der Waals surface area contributed by atoms with Crippen LogP contribution in [-0.2, 0) is 11.8 Å². The van der Waals surface area contributed by atoms with Gasteiger partial charge in [-0.1, -0.05) is 0 Å². The number of hydrogen-bond acceptors (Lipinski definition) is 7. The zero-order valence-corrected chi connectivity index (χ0v) is 20.6. The number of pyridine rings is 1. The second kappa shape index (κ2) is 10.5. The number of carboxylic acids is 1. The number of alkyl halides is 3. The first kappa shape index (κ1) is 26.0. The van der Waals surface area contributed by atoms with Crippen molar-refractivity contribution in [2.24, 2.45) is 7.05 Å². The van der Waals surface area contributed by atoms with Crippen molar-refractivity contribution < 1.29 is 23.1 Å². The summed E-state index contributed by atoms with van der Waals surface area (Å²) in [4.78, 5) is 29.8. The van der Waals surface area contributed by atoms with Crippen molar-refractivity contribution in [2.75, 3.05) is 18.0 Å². The Balaban J connectivity index is 0.000000405. The van der Waals surface area contributed by atoms with E-state index in [1.165, 1.54) is 0 Å². The Hall–Kier alpha value is -4.03. The van der Waals surface area contributed by atoms with Crippen molar-refractivity contribution >= 4 is 23.0 Å². The van der Waals surface area contributed by atoms with Crippen LogP contribution in [-0.4, -0.2) is 64.6 Å². The summed E-state index contributed by atoms with van der Waals surface area (Å²) >= 11 is 0. The molecule has 0 radical (unpaired) electrons. The average Bonchev–Trinajstić information content (AvgIpc) is 3.50. The molecule has 4 aromatic rings. The number of carboxylic acid groups (broad SMARTS) is 1. The lowest BCUT2D eigenvalue weighted by Gasteiger charge is -2.31. The molecule has 4 aromatic heterocycles. The maximum atomic E-state index is 10.6. The molecule has 1 saturated heterocycles. The maximum Gasteiger partial charge on any atom is 0.490 e. The number of anilines is 1. The van der Waals surface area contributed by atoms with Crippen LogP contribution in [0.4, 0.5) is 19.1 Å². The van der Waals surface area contributed by atoms with E-state index in [0.29, 0.717) is 12.0 Å². The molecule has 0 unspecified atom stereocenters. The van der Waals surface area contributed by atoms with Gasteiger partial charge >= 0.3 is 12.1 Å². The van der Waals surface area contributed by atoms with E-state index >= 15 is 0 Å². The molecule has 1 fully saturated rings. The molecule has 1 aliphatic rings. The molecule has 0 aliphatic carbocycles. The Kier molecular flexibility index (Phi) is 7.41. The highest BCUT2D eigenvalue weighted by Gasteiger charge is 2.38. The molecule has 0 aromatic carbocycles. The smallest absolute Gasteiger partial charge is 0.475 e. The fourth-order valence-corrected chi connectivity index (χ4v) is 4.25. The summed E-state index contributed by atoms with van der Waals surface area (Å²) in [5.41, 5.74) is 5.15. The zero-order valence-electron chi connectivity index (χ0n) is 20.6. The van der Waals surface area contributed by atoms with E-state index in [4.69, 9.17) is 19.9 Å². The van der Waals surface area contributed by atoms with Gasteiger partial charge in [-0.25, -0.2) is 24.7 Å². The van der Waals surface area contributed by atoms with Crippen LogP contribution in [0.1, 0.15) is 44.3 Å². The number of nitrogens with zero attached hydrogens (tertiary/aromatic N) is 8. The van der Waals surface area contributed by atoms with E-state index in [-0.39, 0.29) is 0 Å². The fraction of sp³-hybridized carbons (Fsp3) is 0.417. The largest absolute Gasteiger partial charge is 0.490 e. The number of halogens is 3. The van der Waals surface area contributed by atoms with Gasteiger partial charge in [0, 0.05) is 61.9 Å². The van der Waals surface area contributed by atoms with Crippen molar-refractivity contribution in [2.45, 2.75) is 44.8 Å². The van der Waals surface area contributed by atoms with Gasteiger partial charge in [-0.05, 0) is 38.8 Å². The molecule has 0 atom stereocenters. The van der Waals surface area contributed by atoms with Crippen molar-refractivity contribution in [3.8, 4) is 11.3 Å². The molecular formula is C24H27F3N8O2. The predicted molar refractivity (Wildman–Crippen MR) is 130 cm³/mol. The number of fused-ring (bicyclic) bond motifs is 1. The number of aliphatic carboxylic acids is 1. The SMILES string of the molecule is CC(C)n1cnc2c(-c3cnn(C)c3)nc(C3CCN(c4ncccn4)CC3)cc21.O=C(O)C(F)(F)F. The Morgan fingerprint density at radius 1 is 1.14 bits per heavy atom. The van der Waals surface area contributed by atoms with Gasteiger partial charge in [-0.3, -0.25) is 4.68 Å². The van der Waals surface area contributed by atoms with Crippen LogP contribution < -0.4 is 4.90 Å².